The van der Waals surface area contributed by atoms with Crippen molar-refractivity contribution in [3.05, 3.63) is 22.2 Å². The molecule has 1 rings (SSSR count). The Kier molecular flexibility index (Phi) is 4.90. The highest BCUT2D eigenvalue weighted by Crippen LogP contribution is 2.33. The van der Waals surface area contributed by atoms with Gasteiger partial charge in [-0.05, 0) is 19.9 Å². The first-order valence-electron chi connectivity index (χ1n) is 5.11. The van der Waals surface area contributed by atoms with Gasteiger partial charge in [0, 0.05) is 12.1 Å². The number of anilines is 1. The van der Waals surface area contributed by atoms with Crippen LogP contribution in [0.4, 0.5) is 5.69 Å². The van der Waals surface area contributed by atoms with Gasteiger partial charge in [-0.1, -0.05) is 23.2 Å². The summed E-state index contributed by atoms with van der Waals surface area (Å²) in [4.78, 5) is 11.4. The van der Waals surface area contributed by atoms with Crippen LogP contribution >= 0.6 is 23.2 Å². The van der Waals surface area contributed by atoms with E-state index in [0.29, 0.717) is 10.7 Å². The maximum Gasteiger partial charge on any atom is 0.239 e. The van der Waals surface area contributed by atoms with Crippen LogP contribution in [-0.4, -0.2) is 23.6 Å². The van der Waals surface area contributed by atoms with Crippen LogP contribution in [0.25, 0.3) is 0 Å². The van der Waals surface area contributed by atoms with Crippen LogP contribution in [0.15, 0.2) is 12.1 Å². The van der Waals surface area contributed by atoms with Crippen LogP contribution in [0, 0.1) is 0 Å². The second-order valence-electron chi connectivity index (χ2n) is 3.86. The monoisotopic (exact) mass is 276 g/mol. The average molecular weight is 277 g/mol. The van der Waals surface area contributed by atoms with E-state index in [1.807, 2.05) is 13.8 Å². The number of carbonyl (C=O) groups is 1. The zero-order valence-electron chi connectivity index (χ0n) is 9.55. The Morgan fingerprint density at radius 1 is 1.35 bits per heavy atom. The van der Waals surface area contributed by atoms with Gasteiger partial charge in [-0.3, -0.25) is 4.79 Å². The molecule has 6 heteroatoms. The van der Waals surface area contributed by atoms with Gasteiger partial charge in [0.1, 0.15) is 5.75 Å². The predicted molar refractivity (Wildman–Crippen MR) is 69.9 cm³/mol. The number of amides is 1. The molecule has 0 saturated carbocycles. The third kappa shape index (κ3) is 4.32. The first kappa shape index (κ1) is 13.9. The maximum atomic E-state index is 11.4. The van der Waals surface area contributed by atoms with Gasteiger partial charge in [-0.15, -0.1) is 0 Å². The van der Waals surface area contributed by atoms with Crippen molar-refractivity contribution in [2.24, 2.45) is 0 Å². The van der Waals surface area contributed by atoms with E-state index in [9.17, 15) is 9.90 Å². The number of halogens is 2. The van der Waals surface area contributed by atoms with E-state index in [2.05, 4.69) is 10.6 Å². The molecule has 3 N–H and O–H groups in total. The Labute approximate surface area is 110 Å². The lowest BCUT2D eigenvalue weighted by atomic mass is 10.3. The zero-order chi connectivity index (χ0) is 13.0. The molecule has 1 aromatic carbocycles. The van der Waals surface area contributed by atoms with Gasteiger partial charge in [0.15, 0.2) is 0 Å². The molecular formula is C11H14Cl2N2O2. The third-order valence-electron chi connectivity index (χ3n) is 1.93. The Morgan fingerprint density at radius 3 is 2.53 bits per heavy atom. The molecule has 94 valence electrons. The van der Waals surface area contributed by atoms with E-state index >= 15 is 0 Å². The van der Waals surface area contributed by atoms with Gasteiger partial charge in [0.25, 0.3) is 0 Å². The fraction of sp³-hybridized carbons (Fsp3) is 0.364. The minimum absolute atomic E-state index is 0.0447. The van der Waals surface area contributed by atoms with Crippen molar-refractivity contribution < 1.29 is 9.90 Å². The van der Waals surface area contributed by atoms with Crippen LogP contribution < -0.4 is 10.6 Å². The van der Waals surface area contributed by atoms with Crippen molar-refractivity contribution in [1.29, 1.82) is 0 Å². The number of hydrogen-bond acceptors (Lipinski definition) is 3. The van der Waals surface area contributed by atoms with Crippen molar-refractivity contribution in [3.8, 4) is 5.75 Å². The molecule has 0 unspecified atom stereocenters. The minimum atomic E-state index is -0.162. The normalized spacial score (nSPS) is 10.4. The summed E-state index contributed by atoms with van der Waals surface area (Å²) in [6, 6.07) is 2.88. The van der Waals surface area contributed by atoms with E-state index in [0.717, 1.165) is 0 Å². The van der Waals surface area contributed by atoms with Crippen molar-refractivity contribution in [2.45, 2.75) is 19.9 Å². The van der Waals surface area contributed by atoms with Crippen LogP contribution in [0.3, 0.4) is 0 Å². The molecule has 0 radical (unpaired) electrons. The molecule has 0 atom stereocenters. The molecule has 0 heterocycles. The van der Waals surface area contributed by atoms with E-state index in [-0.39, 0.29) is 29.3 Å². The number of rotatable bonds is 4. The van der Waals surface area contributed by atoms with Crippen molar-refractivity contribution in [3.63, 3.8) is 0 Å². The molecule has 4 nitrogen and oxygen atoms in total. The number of benzene rings is 1. The molecule has 17 heavy (non-hydrogen) atoms. The Hall–Kier alpha value is -1.13. The highest BCUT2D eigenvalue weighted by molar-refractivity contribution is 6.42. The maximum absolute atomic E-state index is 11.4. The molecule has 0 bridgehead atoms. The summed E-state index contributed by atoms with van der Waals surface area (Å²) in [7, 11) is 0. The molecule has 0 aliphatic rings. The SMILES string of the molecule is CC(C)NC(=O)CNc1cc(Cl)c(Cl)cc1O. The quantitative estimate of drug-likeness (QED) is 0.741. The van der Waals surface area contributed by atoms with Crippen molar-refractivity contribution >= 4 is 34.8 Å². The number of hydrogen-bond donors (Lipinski definition) is 3. The smallest absolute Gasteiger partial charge is 0.239 e. The highest BCUT2D eigenvalue weighted by atomic mass is 35.5. The summed E-state index contributed by atoms with van der Waals surface area (Å²) in [5.41, 5.74) is 0.373. The topological polar surface area (TPSA) is 61.4 Å². The largest absolute Gasteiger partial charge is 0.506 e. The Morgan fingerprint density at radius 2 is 1.94 bits per heavy atom. The van der Waals surface area contributed by atoms with E-state index in [1.165, 1.54) is 12.1 Å². The van der Waals surface area contributed by atoms with Gasteiger partial charge >= 0.3 is 0 Å². The second-order valence-corrected chi connectivity index (χ2v) is 4.67. The van der Waals surface area contributed by atoms with E-state index < -0.39 is 0 Å². The predicted octanol–water partition coefficient (Wildman–Crippen LogP) is 2.64. The number of nitrogens with one attached hydrogen (secondary N) is 2. The average Bonchev–Trinajstić information content (AvgIpc) is 2.20. The minimum Gasteiger partial charge on any atom is -0.506 e. The Bertz CT molecular complexity index is 422. The number of phenolic OH excluding ortho intramolecular Hbond substituents is 1. The standard InChI is InChI=1S/C11H14Cl2N2O2/c1-6(2)15-11(17)5-14-9-3-7(12)8(13)4-10(9)16/h3-4,6,14,16H,5H2,1-2H3,(H,15,17). The molecule has 0 aliphatic carbocycles. The fourth-order valence-electron chi connectivity index (χ4n) is 1.23. The van der Waals surface area contributed by atoms with Crippen LogP contribution in [0.1, 0.15) is 13.8 Å². The zero-order valence-corrected chi connectivity index (χ0v) is 11.1. The number of aromatic hydroxyl groups is 1. The second kappa shape index (κ2) is 5.98. The number of carbonyl (C=O) groups excluding carboxylic acids is 1. The summed E-state index contributed by atoms with van der Waals surface area (Å²) in [6.45, 7) is 3.80. The lowest BCUT2D eigenvalue weighted by Crippen LogP contribution is -2.34. The van der Waals surface area contributed by atoms with Crippen molar-refractivity contribution in [1.82, 2.24) is 5.32 Å². The summed E-state index contributed by atoms with van der Waals surface area (Å²) in [5.74, 6) is -0.206. The molecule has 0 fully saturated rings. The molecule has 1 aromatic rings. The fourth-order valence-corrected chi connectivity index (χ4v) is 1.55. The van der Waals surface area contributed by atoms with E-state index in [1.54, 1.807) is 0 Å². The summed E-state index contributed by atoms with van der Waals surface area (Å²) in [5, 5.41) is 15.7. The van der Waals surface area contributed by atoms with Gasteiger partial charge in [-0.25, -0.2) is 0 Å². The highest BCUT2D eigenvalue weighted by Gasteiger charge is 2.08. The molecule has 0 aliphatic heterocycles. The Balaban J connectivity index is 2.63. The van der Waals surface area contributed by atoms with E-state index in [4.69, 9.17) is 23.2 Å². The van der Waals surface area contributed by atoms with Gasteiger partial charge in [-0.2, -0.15) is 0 Å². The molecule has 1 amide bonds. The summed E-state index contributed by atoms with van der Waals surface area (Å²) < 4.78 is 0. The molecule has 0 saturated heterocycles. The van der Waals surface area contributed by atoms with Gasteiger partial charge < -0.3 is 15.7 Å². The van der Waals surface area contributed by atoms with Gasteiger partial charge in [0.05, 0.1) is 22.3 Å². The van der Waals surface area contributed by atoms with Gasteiger partial charge in [0.2, 0.25) is 5.91 Å². The third-order valence-corrected chi connectivity index (χ3v) is 2.65. The first-order chi connectivity index (χ1) is 7.90. The summed E-state index contributed by atoms with van der Waals surface area (Å²) >= 11 is 11.5. The molecular weight excluding hydrogens is 263 g/mol. The van der Waals surface area contributed by atoms with Crippen molar-refractivity contribution in [2.75, 3.05) is 11.9 Å². The van der Waals surface area contributed by atoms with Crippen LogP contribution in [0.5, 0.6) is 5.75 Å². The van der Waals surface area contributed by atoms with Crippen LogP contribution in [-0.2, 0) is 4.79 Å². The lowest BCUT2D eigenvalue weighted by Gasteiger charge is -2.11. The first-order valence-corrected chi connectivity index (χ1v) is 5.87. The number of phenols is 1. The van der Waals surface area contributed by atoms with Crippen LogP contribution in [0.2, 0.25) is 10.0 Å². The lowest BCUT2D eigenvalue weighted by molar-refractivity contribution is -0.119. The molecule has 0 spiro atoms. The summed E-state index contributed by atoms with van der Waals surface area (Å²) in [6.07, 6.45) is 0. The molecule has 0 aromatic heterocycles.